The van der Waals surface area contributed by atoms with Crippen LogP contribution in [0, 0.1) is 11.5 Å². The lowest BCUT2D eigenvalue weighted by Gasteiger charge is -2.10. The third-order valence-electron chi connectivity index (χ3n) is 2.28. The van der Waals surface area contributed by atoms with Gasteiger partial charge in [-0.05, 0) is 13.0 Å². The molecule has 7 heteroatoms. The number of hydrogen-bond acceptors (Lipinski definition) is 3. The van der Waals surface area contributed by atoms with Gasteiger partial charge in [-0.15, -0.1) is 4.72 Å². The van der Waals surface area contributed by atoms with Crippen molar-refractivity contribution < 1.29 is 13.2 Å². The Morgan fingerprint density at radius 1 is 1.47 bits per heavy atom. The molecule has 0 fully saturated rings. The molecule has 92 valence electrons. The Bertz CT molecular complexity index is 410. The van der Waals surface area contributed by atoms with Gasteiger partial charge in [-0.1, -0.05) is 6.07 Å². The van der Waals surface area contributed by atoms with Crippen LogP contribution in [-0.2, 0) is 17.3 Å². The summed E-state index contributed by atoms with van der Waals surface area (Å²) in [5, 5.41) is 8.40. The Morgan fingerprint density at radius 2 is 2.12 bits per heavy atom. The van der Waals surface area contributed by atoms with E-state index in [1.165, 1.54) is 12.3 Å². The van der Waals surface area contributed by atoms with Gasteiger partial charge in [-0.2, -0.15) is 18.4 Å². The van der Waals surface area contributed by atoms with Gasteiger partial charge in [0.25, 0.3) is 0 Å². The van der Waals surface area contributed by atoms with Gasteiger partial charge < -0.3 is 0 Å². The minimum Gasteiger partial charge on any atom is -0.251 e. The standard InChI is InChI=1S/C10H11F3N3S/c1-7(17(2)16-6-14)8-3-4-9(15-5-8)10(11,12)13/h3-5,7,16H,1-2H3/q+1. The predicted molar refractivity (Wildman–Crippen MR) is 59.7 cm³/mol. The molecule has 0 aliphatic carbocycles. The molecule has 1 heterocycles. The number of nitrogens with zero attached hydrogens (tertiary/aromatic N) is 2. The molecule has 0 aliphatic rings. The van der Waals surface area contributed by atoms with Crippen LogP contribution in [0.4, 0.5) is 13.2 Å². The second kappa shape index (κ2) is 5.27. The Kier molecular flexibility index (Phi) is 4.23. The molecule has 1 aromatic rings. The van der Waals surface area contributed by atoms with Gasteiger partial charge in [0.1, 0.15) is 23.0 Å². The summed E-state index contributed by atoms with van der Waals surface area (Å²) in [6.07, 6.45) is 0.415. The number of alkyl halides is 3. The van der Waals surface area contributed by atoms with E-state index in [-0.39, 0.29) is 5.25 Å². The number of halogens is 3. The highest BCUT2D eigenvalue weighted by atomic mass is 32.2. The minimum atomic E-state index is -4.42. The first-order valence-corrected chi connectivity index (χ1v) is 6.38. The maximum absolute atomic E-state index is 12.3. The average molecular weight is 262 g/mol. The van der Waals surface area contributed by atoms with Crippen molar-refractivity contribution in [3.63, 3.8) is 0 Å². The number of pyridine rings is 1. The van der Waals surface area contributed by atoms with E-state index >= 15 is 0 Å². The molecule has 0 saturated heterocycles. The molecule has 0 spiro atoms. The first kappa shape index (κ1) is 13.6. The molecular formula is C10H11F3N3S+. The van der Waals surface area contributed by atoms with E-state index in [4.69, 9.17) is 5.26 Å². The van der Waals surface area contributed by atoms with Crippen LogP contribution in [0.2, 0.25) is 0 Å². The summed E-state index contributed by atoms with van der Waals surface area (Å²) in [4.78, 5) is 3.38. The van der Waals surface area contributed by atoms with E-state index < -0.39 is 23.0 Å². The Labute approximate surface area is 100 Å². The first-order chi connectivity index (χ1) is 7.86. The van der Waals surface area contributed by atoms with Crippen LogP contribution in [0.1, 0.15) is 23.4 Å². The summed E-state index contributed by atoms with van der Waals surface area (Å²) < 4.78 is 39.4. The van der Waals surface area contributed by atoms with Gasteiger partial charge in [0.05, 0.1) is 0 Å². The highest BCUT2D eigenvalue weighted by Gasteiger charge is 2.33. The van der Waals surface area contributed by atoms with Crippen LogP contribution >= 0.6 is 0 Å². The van der Waals surface area contributed by atoms with Crippen molar-refractivity contribution >= 4 is 11.1 Å². The summed E-state index contributed by atoms with van der Waals surface area (Å²) in [6.45, 7) is 1.83. The highest BCUT2D eigenvalue weighted by molar-refractivity contribution is 7.94. The van der Waals surface area contributed by atoms with E-state index in [1.54, 1.807) is 0 Å². The number of nitriles is 1. The lowest BCUT2D eigenvalue weighted by atomic mass is 10.2. The normalized spacial score (nSPS) is 14.8. The van der Waals surface area contributed by atoms with Crippen molar-refractivity contribution in [2.45, 2.75) is 18.3 Å². The average Bonchev–Trinajstić information content (AvgIpc) is 2.27. The Morgan fingerprint density at radius 3 is 2.53 bits per heavy atom. The maximum atomic E-state index is 12.3. The van der Waals surface area contributed by atoms with Crippen molar-refractivity contribution in [3.8, 4) is 6.19 Å². The molecule has 17 heavy (non-hydrogen) atoms. The molecule has 0 bridgehead atoms. The van der Waals surface area contributed by atoms with Gasteiger partial charge in [0.15, 0.2) is 5.25 Å². The van der Waals surface area contributed by atoms with E-state index in [0.717, 1.165) is 6.07 Å². The van der Waals surface area contributed by atoms with Gasteiger partial charge in [-0.25, -0.2) is 0 Å². The van der Waals surface area contributed by atoms with Gasteiger partial charge in [0.2, 0.25) is 6.19 Å². The number of nitrogens with one attached hydrogen (secondary N) is 1. The molecule has 0 aromatic carbocycles. The highest BCUT2D eigenvalue weighted by Crippen LogP contribution is 2.28. The fourth-order valence-corrected chi connectivity index (χ4v) is 2.05. The van der Waals surface area contributed by atoms with Crippen LogP contribution in [0.5, 0.6) is 0 Å². The van der Waals surface area contributed by atoms with Crippen LogP contribution in [0.3, 0.4) is 0 Å². The fourth-order valence-electron chi connectivity index (χ4n) is 1.18. The van der Waals surface area contributed by atoms with Gasteiger partial charge >= 0.3 is 6.18 Å². The zero-order valence-electron chi connectivity index (χ0n) is 9.25. The lowest BCUT2D eigenvalue weighted by Crippen LogP contribution is -2.23. The van der Waals surface area contributed by atoms with Gasteiger partial charge in [-0.3, -0.25) is 4.98 Å². The van der Waals surface area contributed by atoms with Crippen molar-refractivity contribution in [1.82, 2.24) is 9.71 Å². The quantitative estimate of drug-likeness (QED) is 0.517. The summed E-state index contributed by atoms with van der Waals surface area (Å²) in [5.41, 5.74) is -0.232. The van der Waals surface area contributed by atoms with Crippen molar-refractivity contribution in [2.24, 2.45) is 0 Å². The van der Waals surface area contributed by atoms with Crippen LogP contribution < -0.4 is 4.72 Å². The van der Waals surface area contributed by atoms with E-state index in [0.29, 0.717) is 5.56 Å². The lowest BCUT2D eigenvalue weighted by molar-refractivity contribution is -0.141. The monoisotopic (exact) mass is 262 g/mol. The molecule has 0 saturated carbocycles. The van der Waals surface area contributed by atoms with E-state index in [2.05, 4.69) is 9.71 Å². The molecule has 0 radical (unpaired) electrons. The third kappa shape index (κ3) is 3.53. The Balaban J connectivity index is 2.85. The van der Waals surface area contributed by atoms with Crippen molar-refractivity contribution in [3.05, 3.63) is 29.6 Å². The molecule has 1 aromatic heterocycles. The first-order valence-electron chi connectivity index (χ1n) is 4.69. The van der Waals surface area contributed by atoms with E-state index in [1.807, 2.05) is 19.4 Å². The molecule has 2 atom stereocenters. The third-order valence-corrected chi connectivity index (χ3v) is 4.03. The Hall–Kier alpha value is -1.42. The van der Waals surface area contributed by atoms with Gasteiger partial charge in [0, 0.05) is 11.8 Å². The van der Waals surface area contributed by atoms with Crippen LogP contribution in [0.15, 0.2) is 18.3 Å². The second-order valence-electron chi connectivity index (χ2n) is 3.39. The topological polar surface area (TPSA) is 48.7 Å². The minimum absolute atomic E-state index is 0.0653. The van der Waals surface area contributed by atoms with Crippen LogP contribution in [-0.4, -0.2) is 11.2 Å². The molecule has 2 unspecified atom stereocenters. The molecule has 0 amide bonds. The number of aromatic nitrogens is 1. The molecule has 3 nitrogen and oxygen atoms in total. The maximum Gasteiger partial charge on any atom is 0.433 e. The number of rotatable bonds is 3. The zero-order valence-corrected chi connectivity index (χ0v) is 10.1. The molecular weight excluding hydrogens is 251 g/mol. The summed E-state index contributed by atoms with van der Waals surface area (Å²) in [7, 11) is 0. The summed E-state index contributed by atoms with van der Waals surface area (Å²) in [5.74, 6) is 0. The molecule has 1 N–H and O–H groups in total. The summed E-state index contributed by atoms with van der Waals surface area (Å²) >= 11 is -0.426. The zero-order chi connectivity index (χ0) is 13.1. The number of hydrogen-bond donors (Lipinski definition) is 1. The largest absolute Gasteiger partial charge is 0.433 e. The smallest absolute Gasteiger partial charge is 0.251 e. The van der Waals surface area contributed by atoms with Crippen molar-refractivity contribution in [1.29, 1.82) is 5.26 Å². The van der Waals surface area contributed by atoms with Crippen molar-refractivity contribution in [2.75, 3.05) is 6.26 Å². The molecule has 0 aliphatic heterocycles. The second-order valence-corrected chi connectivity index (χ2v) is 5.41. The predicted octanol–water partition coefficient (Wildman–Crippen LogP) is 2.40. The van der Waals surface area contributed by atoms with Crippen LogP contribution in [0.25, 0.3) is 0 Å². The fraction of sp³-hybridized carbons (Fsp3) is 0.400. The molecule has 1 rings (SSSR count). The SMILES string of the molecule is CC(c1ccc(C(F)(F)F)nc1)[S+](C)NC#N. The van der Waals surface area contributed by atoms with E-state index in [9.17, 15) is 13.2 Å². The summed E-state index contributed by atoms with van der Waals surface area (Å²) in [6, 6.07) is 2.35.